The van der Waals surface area contributed by atoms with Gasteiger partial charge in [-0.05, 0) is 32.1 Å². The Morgan fingerprint density at radius 3 is 2.71 bits per heavy atom. The Balaban J connectivity index is 1.86. The van der Waals surface area contributed by atoms with Crippen molar-refractivity contribution in [2.45, 2.75) is 52.2 Å². The van der Waals surface area contributed by atoms with Crippen LogP contribution in [0.4, 0.5) is 4.79 Å². The molecule has 0 aromatic heterocycles. The zero-order valence-corrected chi connectivity index (χ0v) is 13.1. The largest absolute Gasteiger partial charge is 0.481 e. The number of rotatable bonds is 3. The summed E-state index contributed by atoms with van der Waals surface area (Å²) in [6.07, 6.45) is 2.34. The van der Waals surface area contributed by atoms with E-state index in [9.17, 15) is 14.7 Å². The van der Waals surface area contributed by atoms with Crippen LogP contribution in [-0.4, -0.2) is 53.8 Å². The number of likely N-dealkylation sites (tertiary alicyclic amines) is 1. The molecule has 120 valence electrons. The van der Waals surface area contributed by atoms with Gasteiger partial charge in [-0.2, -0.15) is 0 Å². The normalized spacial score (nSPS) is 33.2. The van der Waals surface area contributed by atoms with E-state index >= 15 is 0 Å². The number of hydrogen-bond donors (Lipinski definition) is 2. The van der Waals surface area contributed by atoms with Gasteiger partial charge >= 0.3 is 12.0 Å². The molecule has 0 aliphatic carbocycles. The highest BCUT2D eigenvalue weighted by Gasteiger charge is 2.42. The number of hydrogen-bond acceptors (Lipinski definition) is 3. The maximum absolute atomic E-state index is 12.3. The van der Waals surface area contributed by atoms with E-state index in [1.54, 1.807) is 11.8 Å². The van der Waals surface area contributed by atoms with Crippen LogP contribution >= 0.6 is 0 Å². The van der Waals surface area contributed by atoms with Crippen LogP contribution in [0.3, 0.4) is 0 Å². The van der Waals surface area contributed by atoms with Crippen LogP contribution in [0.15, 0.2) is 0 Å². The minimum atomic E-state index is -0.830. The third-order valence-corrected chi connectivity index (χ3v) is 4.66. The SMILES string of the molecule is CC(C)C1CC(NC(=O)N2CCC(C)(C(=O)O)C2)CCO1. The number of carboxylic acids is 1. The number of ether oxygens (including phenoxy) is 1. The van der Waals surface area contributed by atoms with Gasteiger partial charge in [0.25, 0.3) is 0 Å². The van der Waals surface area contributed by atoms with Gasteiger partial charge in [0.2, 0.25) is 0 Å². The first-order chi connectivity index (χ1) is 9.82. The smallest absolute Gasteiger partial charge is 0.317 e. The average molecular weight is 298 g/mol. The number of nitrogens with one attached hydrogen (secondary N) is 1. The second-order valence-corrected chi connectivity index (χ2v) is 6.86. The quantitative estimate of drug-likeness (QED) is 0.831. The number of urea groups is 1. The minimum absolute atomic E-state index is 0.121. The Kier molecular flexibility index (Phi) is 4.76. The van der Waals surface area contributed by atoms with Crippen LogP contribution in [0.1, 0.15) is 40.0 Å². The lowest BCUT2D eigenvalue weighted by atomic mass is 9.90. The number of carbonyl (C=O) groups excluding carboxylic acids is 1. The Morgan fingerprint density at radius 1 is 1.43 bits per heavy atom. The van der Waals surface area contributed by atoms with Crippen LogP contribution in [0.5, 0.6) is 0 Å². The van der Waals surface area contributed by atoms with E-state index in [1.807, 2.05) is 0 Å². The molecule has 0 aromatic rings. The Bertz CT molecular complexity index is 412. The molecule has 6 heteroatoms. The summed E-state index contributed by atoms with van der Waals surface area (Å²) in [6.45, 7) is 7.39. The van der Waals surface area contributed by atoms with Gasteiger partial charge in [-0.25, -0.2) is 4.79 Å². The summed E-state index contributed by atoms with van der Waals surface area (Å²) in [4.78, 5) is 25.1. The number of amides is 2. The van der Waals surface area contributed by atoms with Crippen molar-refractivity contribution >= 4 is 12.0 Å². The lowest BCUT2D eigenvalue weighted by Gasteiger charge is -2.33. The van der Waals surface area contributed by atoms with Crippen molar-refractivity contribution < 1.29 is 19.4 Å². The first-order valence-electron chi connectivity index (χ1n) is 7.72. The summed E-state index contributed by atoms with van der Waals surface area (Å²) < 4.78 is 5.70. The predicted octanol–water partition coefficient (Wildman–Crippen LogP) is 1.70. The van der Waals surface area contributed by atoms with Crippen LogP contribution in [-0.2, 0) is 9.53 Å². The third-order valence-electron chi connectivity index (χ3n) is 4.66. The van der Waals surface area contributed by atoms with E-state index in [1.165, 1.54) is 0 Å². The van der Waals surface area contributed by atoms with Gasteiger partial charge in [-0.3, -0.25) is 4.79 Å². The Morgan fingerprint density at radius 2 is 2.14 bits per heavy atom. The van der Waals surface area contributed by atoms with Gasteiger partial charge in [0, 0.05) is 25.7 Å². The molecule has 0 bridgehead atoms. The topological polar surface area (TPSA) is 78.9 Å². The predicted molar refractivity (Wildman–Crippen MR) is 78.1 cm³/mol. The molecule has 2 heterocycles. The second kappa shape index (κ2) is 6.22. The van der Waals surface area contributed by atoms with E-state index in [0.717, 1.165) is 12.8 Å². The molecule has 2 rings (SSSR count). The average Bonchev–Trinajstić information content (AvgIpc) is 2.83. The molecular weight excluding hydrogens is 272 g/mol. The number of aliphatic carboxylic acids is 1. The van der Waals surface area contributed by atoms with Crippen molar-refractivity contribution in [1.29, 1.82) is 0 Å². The third kappa shape index (κ3) is 3.67. The fourth-order valence-corrected chi connectivity index (χ4v) is 3.00. The Labute approximate surface area is 125 Å². The number of nitrogens with zero attached hydrogens (tertiary/aromatic N) is 1. The van der Waals surface area contributed by atoms with E-state index in [-0.39, 0.29) is 24.7 Å². The van der Waals surface area contributed by atoms with Gasteiger partial charge in [-0.1, -0.05) is 13.8 Å². The molecule has 21 heavy (non-hydrogen) atoms. The first kappa shape index (κ1) is 16.1. The monoisotopic (exact) mass is 298 g/mol. The van der Waals surface area contributed by atoms with Crippen LogP contribution < -0.4 is 5.32 Å². The summed E-state index contributed by atoms with van der Waals surface area (Å²) in [6, 6.07) is -0.0234. The zero-order valence-electron chi connectivity index (χ0n) is 13.1. The van der Waals surface area contributed by atoms with Crippen molar-refractivity contribution in [3.05, 3.63) is 0 Å². The highest BCUT2D eigenvalue weighted by Crippen LogP contribution is 2.30. The Hall–Kier alpha value is -1.30. The highest BCUT2D eigenvalue weighted by molar-refractivity contribution is 5.79. The summed E-state index contributed by atoms with van der Waals surface area (Å²) in [7, 11) is 0. The summed E-state index contributed by atoms with van der Waals surface area (Å²) >= 11 is 0. The molecule has 3 unspecified atom stereocenters. The molecule has 2 fully saturated rings. The molecular formula is C15H26N2O4. The van der Waals surface area contributed by atoms with Gasteiger partial charge < -0.3 is 20.1 Å². The molecule has 0 saturated carbocycles. The molecule has 0 aromatic carbocycles. The standard InChI is InChI=1S/C15H26N2O4/c1-10(2)12-8-11(4-7-21-12)16-14(20)17-6-5-15(3,9-17)13(18)19/h10-12H,4-9H2,1-3H3,(H,16,20)(H,18,19). The summed E-state index contributed by atoms with van der Waals surface area (Å²) in [5, 5.41) is 12.3. The maximum atomic E-state index is 12.3. The highest BCUT2D eigenvalue weighted by atomic mass is 16.5. The summed E-state index contributed by atoms with van der Waals surface area (Å²) in [5.74, 6) is -0.393. The molecule has 6 nitrogen and oxygen atoms in total. The maximum Gasteiger partial charge on any atom is 0.317 e. The molecule has 2 amide bonds. The molecule has 0 radical (unpaired) electrons. The van der Waals surface area contributed by atoms with Crippen molar-refractivity contribution in [2.24, 2.45) is 11.3 Å². The molecule has 2 N–H and O–H groups in total. The van der Waals surface area contributed by atoms with Gasteiger partial charge in [0.05, 0.1) is 11.5 Å². The fourth-order valence-electron chi connectivity index (χ4n) is 3.00. The van der Waals surface area contributed by atoms with Crippen LogP contribution in [0, 0.1) is 11.3 Å². The molecule has 3 atom stereocenters. The number of carbonyl (C=O) groups is 2. The first-order valence-corrected chi connectivity index (χ1v) is 7.72. The lowest BCUT2D eigenvalue weighted by molar-refractivity contribution is -0.146. The molecule has 2 aliphatic rings. The fraction of sp³-hybridized carbons (Fsp3) is 0.867. The zero-order chi connectivity index (χ0) is 15.6. The van der Waals surface area contributed by atoms with Gasteiger partial charge in [0.1, 0.15) is 0 Å². The van der Waals surface area contributed by atoms with E-state index in [4.69, 9.17) is 4.74 Å². The molecule has 2 saturated heterocycles. The van der Waals surface area contributed by atoms with Gasteiger partial charge in [0.15, 0.2) is 0 Å². The second-order valence-electron chi connectivity index (χ2n) is 6.86. The molecule has 2 aliphatic heterocycles. The minimum Gasteiger partial charge on any atom is -0.481 e. The number of carboxylic acid groups (broad SMARTS) is 1. The lowest BCUT2D eigenvalue weighted by Crippen LogP contribution is -2.48. The van der Waals surface area contributed by atoms with E-state index in [0.29, 0.717) is 25.5 Å². The summed E-state index contributed by atoms with van der Waals surface area (Å²) in [5.41, 5.74) is -0.812. The van der Waals surface area contributed by atoms with Crippen molar-refractivity contribution in [2.75, 3.05) is 19.7 Å². The van der Waals surface area contributed by atoms with E-state index < -0.39 is 11.4 Å². The van der Waals surface area contributed by atoms with Crippen LogP contribution in [0.2, 0.25) is 0 Å². The molecule has 0 spiro atoms. The van der Waals surface area contributed by atoms with E-state index in [2.05, 4.69) is 19.2 Å². The van der Waals surface area contributed by atoms with Crippen molar-refractivity contribution in [3.8, 4) is 0 Å². The van der Waals surface area contributed by atoms with Crippen LogP contribution in [0.25, 0.3) is 0 Å². The van der Waals surface area contributed by atoms with Gasteiger partial charge in [-0.15, -0.1) is 0 Å². The van der Waals surface area contributed by atoms with Crippen molar-refractivity contribution in [3.63, 3.8) is 0 Å². The van der Waals surface area contributed by atoms with Crippen molar-refractivity contribution in [1.82, 2.24) is 10.2 Å².